The highest BCUT2D eigenvalue weighted by atomic mass is 16.5. The molecule has 0 saturated heterocycles. The van der Waals surface area contributed by atoms with Crippen LogP contribution >= 0.6 is 0 Å². The summed E-state index contributed by atoms with van der Waals surface area (Å²) in [6, 6.07) is 6.88. The van der Waals surface area contributed by atoms with Gasteiger partial charge in [0.05, 0.1) is 13.0 Å². The number of rotatable bonds is 7. The maximum absolute atomic E-state index is 12.4. The molecule has 0 aromatic heterocycles. The fourth-order valence-corrected chi connectivity index (χ4v) is 2.97. The average Bonchev–Trinajstić information content (AvgIpc) is 3.02. The van der Waals surface area contributed by atoms with E-state index in [1.807, 2.05) is 19.0 Å². The van der Waals surface area contributed by atoms with E-state index in [2.05, 4.69) is 10.6 Å². The molecule has 2 amide bonds. The molecule has 1 aromatic rings. The van der Waals surface area contributed by atoms with E-state index in [1.54, 1.807) is 31.4 Å². The number of methoxy groups -OCH3 is 1. The lowest BCUT2D eigenvalue weighted by molar-refractivity contribution is -0.125. The van der Waals surface area contributed by atoms with Gasteiger partial charge in [0.2, 0.25) is 5.91 Å². The van der Waals surface area contributed by atoms with E-state index in [1.165, 1.54) is 0 Å². The quantitative estimate of drug-likeness (QED) is 0.788. The van der Waals surface area contributed by atoms with Crippen LogP contribution in [0.1, 0.15) is 29.6 Å². The second-order valence-corrected chi connectivity index (χ2v) is 6.44. The molecule has 1 aliphatic carbocycles. The van der Waals surface area contributed by atoms with Crippen LogP contribution in [0.15, 0.2) is 24.3 Å². The fraction of sp³-hybridized carbons (Fsp3) is 0.556. The van der Waals surface area contributed by atoms with Crippen molar-refractivity contribution in [1.29, 1.82) is 0 Å². The van der Waals surface area contributed by atoms with Crippen LogP contribution < -0.4 is 15.4 Å². The Morgan fingerprint density at radius 1 is 1.21 bits per heavy atom. The second kappa shape index (κ2) is 8.68. The highest BCUT2D eigenvalue weighted by molar-refractivity contribution is 5.95. The number of nitrogens with zero attached hydrogens (tertiary/aromatic N) is 1. The number of hydrogen-bond acceptors (Lipinski definition) is 4. The third-order valence-corrected chi connectivity index (χ3v) is 4.38. The van der Waals surface area contributed by atoms with Crippen molar-refractivity contribution in [1.82, 2.24) is 15.5 Å². The van der Waals surface area contributed by atoms with Gasteiger partial charge in [-0.25, -0.2) is 0 Å². The number of benzene rings is 1. The molecule has 0 aliphatic heterocycles. The molecule has 0 heterocycles. The number of amides is 2. The molecular weight excluding hydrogens is 306 g/mol. The van der Waals surface area contributed by atoms with Gasteiger partial charge in [-0.1, -0.05) is 6.42 Å². The van der Waals surface area contributed by atoms with E-state index in [-0.39, 0.29) is 23.8 Å². The van der Waals surface area contributed by atoms with Crippen molar-refractivity contribution < 1.29 is 14.3 Å². The van der Waals surface area contributed by atoms with Gasteiger partial charge in [0.25, 0.3) is 5.91 Å². The molecule has 0 radical (unpaired) electrons. The minimum Gasteiger partial charge on any atom is -0.497 e. The monoisotopic (exact) mass is 333 g/mol. The number of nitrogens with one attached hydrogen (secondary N) is 2. The lowest BCUT2D eigenvalue weighted by atomic mass is 10.0. The largest absolute Gasteiger partial charge is 0.497 e. The molecule has 1 saturated carbocycles. The summed E-state index contributed by atoms with van der Waals surface area (Å²) in [6.45, 7) is 1.43. The first-order valence-corrected chi connectivity index (χ1v) is 8.38. The van der Waals surface area contributed by atoms with Crippen molar-refractivity contribution in [2.24, 2.45) is 5.92 Å². The normalized spacial score (nSPS) is 20.0. The molecule has 1 fully saturated rings. The maximum atomic E-state index is 12.4. The smallest absolute Gasteiger partial charge is 0.251 e. The highest BCUT2D eigenvalue weighted by Gasteiger charge is 2.33. The van der Waals surface area contributed by atoms with Gasteiger partial charge in [0, 0.05) is 24.7 Å². The number of hydrogen-bond donors (Lipinski definition) is 2. The minimum atomic E-state index is -0.144. The number of likely N-dealkylation sites (N-methyl/N-ethyl adjacent to an activating group) is 1. The average molecular weight is 333 g/mol. The topological polar surface area (TPSA) is 70.7 Å². The molecule has 132 valence electrons. The van der Waals surface area contributed by atoms with Crippen LogP contribution in [0.4, 0.5) is 0 Å². The van der Waals surface area contributed by atoms with Crippen LogP contribution in [0.5, 0.6) is 5.75 Å². The zero-order valence-electron chi connectivity index (χ0n) is 14.7. The molecule has 0 spiro atoms. The Balaban J connectivity index is 1.89. The van der Waals surface area contributed by atoms with Crippen molar-refractivity contribution >= 4 is 11.8 Å². The van der Waals surface area contributed by atoms with E-state index in [9.17, 15) is 9.59 Å². The summed E-state index contributed by atoms with van der Waals surface area (Å²) < 4.78 is 5.10. The second-order valence-electron chi connectivity index (χ2n) is 6.44. The first kappa shape index (κ1) is 18.3. The van der Waals surface area contributed by atoms with Crippen molar-refractivity contribution in [2.45, 2.75) is 25.3 Å². The van der Waals surface area contributed by atoms with Crippen LogP contribution in [0.3, 0.4) is 0 Å². The van der Waals surface area contributed by atoms with Crippen molar-refractivity contribution in [2.75, 3.05) is 34.3 Å². The fourth-order valence-electron chi connectivity index (χ4n) is 2.97. The lowest BCUT2D eigenvalue weighted by Gasteiger charge is -2.21. The molecular formula is C18H27N3O3. The van der Waals surface area contributed by atoms with Gasteiger partial charge < -0.3 is 20.3 Å². The summed E-state index contributed by atoms with van der Waals surface area (Å²) in [5.41, 5.74) is 0.578. The van der Waals surface area contributed by atoms with E-state index < -0.39 is 0 Å². The summed E-state index contributed by atoms with van der Waals surface area (Å²) in [5, 5.41) is 5.98. The number of carbonyl (C=O) groups is 2. The van der Waals surface area contributed by atoms with Crippen molar-refractivity contribution in [3.05, 3.63) is 29.8 Å². The first-order chi connectivity index (χ1) is 11.5. The molecule has 2 rings (SSSR count). The Kier molecular flexibility index (Phi) is 6.61. The minimum absolute atomic E-state index is 0.0365. The summed E-state index contributed by atoms with van der Waals surface area (Å²) in [4.78, 5) is 26.7. The van der Waals surface area contributed by atoms with Gasteiger partial charge in [-0.15, -0.1) is 0 Å². The molecule has 0 unspecified atom stereocenters. The van der Waals surface area contributed by atoms with Gasteiger partial charge in [-0.3, -0.25) is 9.59 Å². The SMILES string of the molecule is COc1ccc(C(=O)N[C@@H]2CCC[C@@H]2C(=O)NCCN(C)C)cc1. The van der Waals surface area contributed by atoms with Gasteiger partial charge >= 0.3 is 0 Å². The lowest BCUT2D eigenvalue weighted by Crippen LogP contribution is -2.45. The van der Waals surface area contributed by atoms with Crippen LogP contribution in [-0.2, 0) is 4.79 Å². The predicted octanol–water partition coefficient (Wildman–Crippen LogP) is 1.27. The van der Waals surface area contributed by atoms with Crippen LogP contribution in [0.2, 0.25) is 0 Å². The summed E-state index contributed by atoms with van der Waals surface area (Å²) >= 11 is 0. The number of ether oxygens (including phenoxy) is 1. The van der Waals surface area contributed by atoms with E-state index in [4.69, 9.17) is 4.74 Å². The summed E-state index contributed by atoms with van der Waals surface area (Å²) in [7, 11) is 5.53. The first-order valence-electron chi connectivity index (χ1n) is 8.38. The highest BCUT2D eigenvalue weighted by Crippen LogP contribution is 2.26. The predicted molar refractivity (Wildman–Crippen MR) is 93.2 cm³/mol. The third-order valence-electron chi connectivity index (χ3n) is 4.38. The van der Waals surface area contributed by atoms with Crippen molar-refractivity contribution in [3.63, 3.8) is 0 Å². The molecule has 1 aromatic carbocycles. The van der Waals surface area contributed by atoms with Gasteiger partial charge in [-0.05, 0) is 51.2 Å². The zero-order valence-corrected chi connectivity index (χ0v) is 14.7. The van der Waals surface area contributed by atoms with E-state index >= 15 is 0 Å². The van der Waals surface area contributed by atoms with Gasteiger partial charge in [0.15, 0.2) is 0 Å². The van der Waals surface area contributed by atoms with E-state index in [0.29, 0.717) is 17.9 Å². The number of carbonyl (C=O) groups excluding carboxylic acids is 2. The van der Waals surface area contributed by atoms with Crippen LogP contribution in [-0.4, -0.2) is 57.1 Å². The summed E-state index contributed by atoms with van der Waals surface area (Å²) in [5.74, 6) is 0.463. The van der Waals surface area contributed by atoms with Gasteiger partial charge in [-0.2, -0.15) is 0 Å². The Morgan fingerprint density at radius 2 is 1.92 bits per heavy atom. The molecule has 6 nitrogen and oxygen atoms in total. The van der Waals surface area contributed by atoms with Crippen molar-refractivity contribution in [3.8, 4) is 5.75 Å². The van der Waals surface area contributed by atoms with E-state index in [0.717, 1.165) is 25.8 Å². The Hall–Kier alpha value is -2.08. The maximum Gasteiger partial charge on any atom is 0.251 e. The molecule has 24 heavy (non-hydrogen) atoms. The third kappa shape index (κ3) is 4.96. The van der Waals surface area contributed by atoms with Gasteiger partial charge in [0.1, 0.15) is 5.75 Å². The molecule has 2 atom stereocenters. The molecule has 6 heteroatoms. The zero-order chi connectivity index (χ0) is 17.5. The molecule has 1 aliphatic rings. The Labute approximate surface area is 143 Å². The molecule has 0 bridgehead atoms. The Morgan fingerprint density at radius 3 is 2.54 bits per heavy atom. The van der Waals surface area contributed by atoms with Crippen LogP contribution in [0.25, 0.3) is 0 Å². The Bertz CT molecular complexity index is 557. The molecule has 2 N–H and O–H groups in total. The van der Waals surface area contributed by atoms with Crippen LogP contribution in [0, 0.1) is 5.92 Å². The standard InChI is InChI=1S/C18H27N3O3/c1-21(2)12-11-19-18(23)15-5-4-6-16(15)20-17(22)13-7-9-14(24-3)10-8-13/h7-10,15-16H,4-6,11-12H2,1-3H3,(H,19,23)(H,20,22)/t15-,16+/m0/s1. The summed E-state index contributed by atoms with van der Waals surface area (Å²) in [6.07, 6.45) is 2.62.